The van der Waals surface area contributed by atoms with Gasteiger partial charge in [0.2, 0.25) is 0 Å². The lowest BCUT2D eigenvalue weighted by Gasteiger charge is -1.95. The molecule has 0 aliphatic heterocycles. The zero-order chi connectivity index (χ0) is 11.6. The monoisotopic (exact) mass is 252 g/mol. The van der Waals surface area contributed by atoms with Gasteiger partial charge in [0.05, 0.1) is 0 Å². The number of hydrogen-bond acceptors (Lipinski definition) is 4. The highest BCUT2D eigenvalue weighted by Crippen LogP contribution is 2.00. The molecule has 1 rings (SSSR count). The van der Waals surface area contributed by atoms with Crippen LogP contribution >= 0.6 is 25.3 Å². The van der Waals surface area contributed by atoms with Gasteiger partial charge in [-0.1, -0.05) is 24.3 Å². The molecule has 4 heteroatoms. The van der Waals surface area contributed by atoms with Crippen LogP contribution in [0.1, 0.15) is 11.1 Å². The molecule has 0 aliphatic rings. The fourth-order valence-corrected chi connectivity index (χ4v) is 1.35. The first-order valence-corrected chi connectivity index (χ1v) is 6.44. The van der Waals surface area contributed by atoms with Gasteiger partial charge in [-0.2, -0.15) is 25.3 Å². The summed E-state index contributed by atoms with van der Waals surface area (Å²) in [5.41, 5.74) is 2.21. The van der Waals surface area contributed by atoms with E-state index in [1.54, 1.807) is 0 Å². The molecule has 0 N–H and O–H groups in total. The second kappa shape index (κ2) is 8.42. The van der Waals surface area contributed by atoms with E-state index in [0.29, 0.717) is 0 Å². The molecular formula is C12H16N2S2. The third kappa shape index (κ3) is 5.37. The Bertz CT molecular complexity index is 310. The van der Waals surface area contributed by atoms with Crippen LogP contribution in [0.15, 0.2) is 34.3 Å². The summed E-state index contributed by atoms with van der Waals surface area (Å²) in [6, 6.07) is 8.13. The Morgan fingerprint density at radius 1 is 0.812 bits per heavy atom. The van der Waals surface area contributed by atoms with E-state index < -0.39 is 0 Å². The molecule has 0 spiro atoms. The lowest BCUT2D eigenvalue weighted by atomic mass is 10.1. The smallest absolute Gasteiger partial charge is 0.0477 e. The van der Waals surface area contributed by atoms with Crippen molar-refractivity contribution >= 4 is 37.7 Å². The SMILES string of the molecule is SCC/N=C/c1ccc(/C=N/CCS)cc1. The Hall–Kier alpha value is -0.740. The molecule has 1 aromatic carbocycles. The van der Waals surface area contributed by atoms with Crippen LogP contribution in [0.2, 0.25) is 0 Å². The standard InChI is InChI=1S/C12H16N2S2/c15-7-5-13-9-11-1-2-12(4-3-11)10-14-6-8-16/h1-4,9-10,15-16H,5-8H2/b13-9+,14-10+. The van der Waals surface area contributed by atoms with E-state index in [-0.39, 0.29) is 0 Å². The van der Waals surface area contributed by atoms with Crippen molar-refractivity contribution in [3.8, 4) is 0 Å². The van der Waals surface area contributed by atoms with Gasteiger partial charge in [0.25, 0.3) is 0 Å². The summed E-state index contributed by atoms with van der Waals surface area (Å²) < 4.78 is 0. The van der Waals surface area contributed by atoms with Gasteiger partial charge in [-0.15, -0.1) is 0 Å². The average molecular weight is 252 g/mol. The summed E-state index contributed by atoms with van der Waals surface area (Å²) in [6.07, 6.45) is 3.73. The Morgan fingerprint density at radius 2 is 1.19 bits per heavy atom. The van der Waals surface area contributed by atoms with Crippen LogP contribution in [0, 0.1) is 0 Å². The van der Waals surface area contributed by atoms with Crippen LogP contribution < -0.4 is 0 Å². The van der Waals surface area contributed by atoms with Crippen molar-refractivity contribution in [1.29, 1.82) is 0 Å². The first-order chi connectivity index (χ1) is 7.86. The molecule has 0 aliphatic carbocycles. The molecule has 16 heavy (non-hydrogen) atoms. The third-order valence-electron chi connectivity index (χ3n) is 1.88. The van der Waals surface area contributed by atoms with Crippen molar-refractivity contribution in [1.82, 2.24) is 0 Å². The number of nitrogens with zero attached hydrogens (tertiary/aromatic N) is 2. The maximum atomic E-state index is 4.22. The molecule has 2 nitrogen and oxygen atoms in total. The highest BCUT2D eigenvalue weighted by Gasteiger charge is 1.89. The largest absolute Gasteiger partial charge is 0.292 e. The van der Waals surface area contributed by atoms with E-state index in [9.17, 15) is 0 Å². The molecule has 0 atom stereocenters. The minimum Gasteiger partial charge on any atom is -0.292 e. The number of aliphatic imine (C=N–C) groups is 2. The molecule has 86 valence electrons. The first kappa shape index (κ1) is 13.3. The Labute approximate surface area is 108 Å². The van der Waals surface area contributed by atoms with Crippen LogP contribution in [0.5, 0.6) is 0 Å². The van der Waals surface area contributed by atoms with Gasteiger partial charge < -0.3 is 0 Å². The van der Waals surface area contributed by atoms with Crippen molar-refractivity contribution in [3.63, 3.8) is 0 Å². The predicted molar refractivity (Wildman–Crippen MR) is 79.1 cm³/mol. The quantitative estimate of drug-likeness (QED) is 0.574. The van der Waals surface area contributed by atoms with Gasteiger partial charge in [-0.25, -0.2) is 0 Å². The topological polar surface area (TPSA) is 24.7 Å². The fraction of sp³-hybridized carbons (Fsp3) is 0.333. The molecule has 0 aromatic heterocycles. The van der Waals surface area contributed by atoms with Crippen molar-refractivity contribution in [3.05, 3.63) is 35.4 Å². The highest BCUT2D eigenvalue weighted by molar-refractivity contribution is 7.80. The van der Waals surface area contributed by atoms with Crippen molar-refractivity contribution in [2.75, 3.05) is 24.6 Å². The van der Waals surface area contributed by atoms with E-state index in [4.69, 9.17) is 0 Å². The van der Waals surface area contributed by atoms with Gasteiger partial charge in [0.15, 0.2) is 0 Å². The zero-order valence-corrected chi connectivity index (χ0v) is 10.9. The van der Waals surface area contributed by atoms with Gasteiger partial charge in [-0.05, 0) is 11.1 Å². The van der Waals surface area contributed by atoms with Crippen LogP contribution in [0.25, 0.3) is 0 Å². The van der Waals surface area contributed by atoms with Crippen LogP contribution in [-0.2, 0) is 0 Å². The lowest BCUT2D eigenvalue weighted by molar-refractivity contribution is 1.16. The molecule has 0 unspecified atom stereocenters. The number of hydrogen-bond donors (Lipinski definition) is 2. The summed E-state index contributed by atoms with van der Waals surface area (Å²) >= 11 is 8.19. The molecule has 0 radical (unpaired) electrons. The van der Waals surface area contributed by atoms with E-state index in [2.05, 4.69) is 35.2 Å². The van der Waals surface area contributed by atoms with Crippen LogP contribution in [-0.4, -0.2) is 37.0 Å². The molecule has 0 bridgehead atoms. The minimum absolute atomic E-state index is 0.758. The van der Waals surface area contributed by atoms with Crippen molar-refractivity contribution in [2.45, 2.75) is 0 Å². The first-order valence-electron chi connectivity index (χ1n) is 5.18. The Kier molecular flexibility index (Phi) is 7.01. The summed E-state index contributed by atoms with van der Waals surface area (Å²) in [5.74, 6) is 1.57. The van der Waals surface area contributed by atoms with E-state index >= 15 is 0 Å². The Balaban J connectivity index is 2.54. The van der Waals surface area contributed by atoms with Gasteiger partial charge in [0, 0.05) is 37.0 Å². The van der Waals surface area contributed by atoms with E-state index in [1.807, 2.05) is 36.7 Å². The lowest BCUT2D eigenvalue weighted by Crippen LogP contribution is -1.88. The molecule has 1 aromatic rings. The Morgan fingerprint density at radius 3 is 1.50 bits per heavy atom. The van der Waals surface area contributed by atoms with Gasteiger partial charge >= 0.3 is 0 Å². The molecule has 0 fully saturated rings. The predicted octanol–water partition coefficient (Wildman–Crippen LogP) is 2.38. The fourth-order valence-electron chi connectivity index (χ4n) is 1.12. The molecular weight excluding hydrogens is 236 g/mol. The number of rotatable bonds is 6. The van der Waals surface area contributed by atoms with Crippen LogP contribution in [0.4, 0.5) is 0 Å². The molecule has 0 saturated heterocycles. The molecule has 0 heterocycles. The van der Waals surface area contributed by atoms with Crippen molar-refractivity contribution in [2.24, 2.45) is 9.98 Å². The number of thiol groups is 2. The second-order valence-electron chi connectivity index (χ2n) is 3.18. The summed E-state index contributed by atoms with van der Waals surface area (Å²) in [7, 11) is 0. The molecule has 0 saturated carbocycles. The second-order valence-corrected chi connectivity index (χ2v) is 4.08. The molecule has 0 amide bonds. The summed E-state index contributed by atoms with van der Waals surface area (Å²) in [4.78, 5) is 8.44. The maximum absolute atomic E-state index is 4.22. The highest BCUT2D eigenvalue weighted by atomic mass is 32.1. The van der Waals surface area contributed by atoms with E-state index in [1.165, 1.54) is 0 Å². The zero-order valence-electron chi connectivity index (χ0n) is 9.08. The summed E-state index contributed by atoms with van der Waals surface area (Å²) in [5, 5.41) is 0. The van der Waals surface area contributed by atoms with Crippen molar-refractivity contribution < 1.29 is 0 Å². The van der Waals surface area contributed by atoms with Gasteiger partial charge in [0.1, 0.15) is 0 Å². The third-order valence-corrected chi connectivity index (χ3v) is 2.28. The average Bonchev–Trinajstić information content (AvgIpc) is 2.32. The normalized spacial score (nSPS) is 11.6. The maximum Gasteiger partial charge on any atom is 0.0477 e. The number of benzene rings is 1. The van der Waals surface area contributed by atoms with E-state index in [0.717, 1.165) is 35.7 Å². The van der Waals surface area contributed by atoms with Gasteiger partial charge in [-0.3, -0.25) is 9.98 Å². The van der Waals surface area contributed by atoms with Crippen LogP contribution in [0.3, 0.4) is 0 Å². The summed E-state index contributed by atoms with van der Waals surface area (Å²) in [6.45, 7) is 1.52. The minimum atomic E-state index is 0.758.